The number of aromatic amines is 1. The summed E-state index contributed by atoms with van der Waals surface area (Å²) in [5, 5.41) is 21.4. The standard InChI is InChI=1S/C54H62FN11O9/c1-35(58-49(69)38-7-5-8-39(31-38)61-54(17-21-57-22-18-54)53-60-48(62-63-53)37-15-19-56-20-16-37)36-9-11-40(12-10-36)75-30-4-2-3-27-73-28-6-29-74-34-47(68)65-25-23-64(24-26-65)45-33-42-41(32-43(45)55)51(71)66(52(42)72)44-13-14-46(67)59-50(44)70/h5,7-12,15-16,19-20,31-33,35,44,57,61H,2-4,6,13-14,17-18,21-30,34H2,1H3,(H,58,69)(H,59,67,70)(H,60,62,63)/t35-,44?/m1/s1. The highest BCUT2D eigenvalue weighted by Crippen LogP contribution is 2.35. The smallest absolute Gasteiger partial charge is 0.262 e. The Labute approximate surface area is 433 Å². The molecular weight excluding hydrogens is 966 g/mol. The number of anilines is 2. The van der Waals surface area contributed by atoms with Crippen molar-refractivity contribution in [1.29, 1.82) is 0 Å². The number of halogens is 1. The third-order valence-corrected chi connectivity index (χ3v) is 14.1. The molecule has 5 aromatic rings. The second-order valence-corrected chi connectivity index (χ2v) is 19.2. The molecule has 0 radical (unpaired) electrons. The Morgan fingerprint density at radius 1 is 0.827 bits per heavy atom. The van der Waals surface area contributed by atoms with Crippen LogP contribution >= 0.6 is 0 Å². The van der Waals surface area contributed by atoms with Crippen LogP contribution in [0.25, 0.3) is 11.4 Å². The highest BCUT2D eigenvalue weighted by Gasteiger charge is 2.45. The van der Waals surface area contributed by atoms with E-state index in [0.717, 1.165) is 84.5 Å². The molecule has 1 unspecified atom stereocenters. The molecule has 6 heterocycles. The predicted octanol–water partition coefficient (Wildman–Crippen LogP) is 4.91. The molecule has 5 N–H and O–H groups in total. The van der Waals surface area contributed by atoms with Gasteiger partial charge < -0.3 is 44.9 Å². The maximum absolute atomic E-state index is 15.3. The van der Waals surface area contributed by atoms with Gasteiger partial charge in [0.15, 0.2) is 11.6 Å². The van der Waals surface area contributed by atoms with Crippen molar-refractivity contribution >= 4 is 46.8 Å². The lowest BCUT2D eigenvalue weighted by molar-refractivity contribution is -0.137. The zero-order chi connectivity index (χ0) is 52.3. The second kappa shape index (κ2) is 24.2. The normalized spacial score (nSPS) is 17.9. The fraction of sp³-hybridized carbons (Fsp3) is 0.426. The van der Waals surface area contributed by atoms with Gasteiger partial charge in [-0.3, -0.25) is 44.0 Å². The number of hydrogen-bond acceptors (Lipinski definition) is 15. The molecule has 21 heteroatoms. The second-order valence-electron chi connectivity index (χ2n) is 19.2. The number of piperazine rings is 1. The fourth-order valence-corrected chi connectivity index (χ4v) is 9.83. The lowest BCUT2D eigenvalue weighted by Crippen LogP contribution is -2.54. The number of nitrogens with one attached hydrogen (secondary N) is 5. The Bertz CT molecular complexity index is 2850. The van der Waals surface area contributed by atoms with Gasteiger partial charge in [0.05, 0.1) is 35.0 Å². The van der Waals surface area contributed by atoms with Gasteiger partial charge in [-0.1, -0.05) is 18.2 Å². The highest BCUT2D eigenvalue weighted by atomic mass is 19.1. The maximum Gasteiger partial charge on any atom is 0.262 e. The van der Waals surface area contributed by atoms with Crippen LogP contribution in [0.3, 0.4) is 0 Å². The summed E-state index contributed by atoms with van der Waals surface area (Å²) < 4.78 is 32.7. The first-order valence-electron chi connectivity index (χ1n) is 25.7. The Morgan fingerprint density at radius 3 is 2.31 bits per heavy atom. The molecule has 0 spiro atoms. The summed E-state index contributed by atoms with van der Waals surface area (Å²) in [6.07, 6.45) is 8.31. The van der Waals surface area contributed by atoms with E-state index in [0.29, 0.717) is 70.4 Å². The minimum atomic E-state index is -1.14. The molecule has 2 atom stereocenters. The van der Waals surface area contributed by atoms with Crippen LogP contribution in [0.4, 0.5) is 15.8 Å². The van der Waals surface area contributed by atoms with Crippen molar-refractivity contribution in [2.45, 2.75) is 75.9 Å². The molecule has 9 rings (SSSR count). The van der Waals surface area contributed by atoms with E-state index in [1.165, 1.54) is 6.07 Å². The molecule has 3 fully saturated rings. The van der Waals surface area contributed by atoms with E-state index >= 15 is 4.39 Å². The van der Waals surface area contributed by atoms with Crippen LogP contribution in [0.1, 0.15) is 107 Å². The maximum atomic E-state index is 15.3. The van der Waals surface area contributed by atoms with Gasteiger partial charge in [-0.05, 0) is 125 Å². The van der Waals surface area contributed by atoms with Crippen molar-refractivity contribution in [3.05, 3.63) is 119 Å². The summed E-state index contributed by atoms with van der Waals surface area (Å²) in [6.45, 7) is 6.74. The average Bonchev–Trinajstić information content (AvgIpc) is 4.05. The molecule has 6 amide bonds. The van der Waals surface area contributed by atoms with Crippen molar-refractivity contribution in [2.24, 2.45) is 0 Å². The summed E-state index contributed by atoms with van der Waals surface area (Å²) in [7, 11) is 0. The summed E-state index contributed by atoms with van der Waals surface area (Å²) in [5.41, 5.74) is 2.73. The van der Waals surface area contributed by atoms with Gasteiger partial charge in [-0.15, -0.1) is 10.2 Å². The molecular formula is C54H62FN11O9. The largest absolute Gasteiger partial charge is 0.494 e. The van der Waals surface area contributed by atoms with Crippen LogP contribution in [0.5, 0.6) is 5.75 Å². The number of rotatable bonds is 22. The Morgan fingerprint density at radius 2 is 1.55 bits per heavy atom. The van der Waals surface area contributed by atoms with Crippen molar-refractivity contribution in [3.63, 3.8) is 0 Å². The highest BCUT2D eigenvalue weighted by molar-refractivity contribution is 6.23. The van der Waals surface area contributed by atoms with Crippen molar-refractivity contribution in [2.75, 3.05) is 82.5 Å². The number of aromatic nitrogens is 4. The van der Waals surface area contributed by atoms with E-state index in [2.05, 4.69) is 41.4 Å². The third kappa shape index (κ3) is 12.5. The number of ether oxygens (including phenoxy) is 3. The lowest BCUT2D eigenvalue weighted by Gasteiger charge is -2.37. The third-order valence-electron chi connectivity index (χ3n) is 14.1. The van der Waals surface area contributed by atoms with E-state index in [1.54, 1.807) is 22.2 Å². The van der Waals surface area contributed by atoms with E-state index in [-0.39, 0.29) is 54.1 Å². The average molecular weight is 1030 g/mol. The number of fused-ring (bicyclic) bond motifs is 1. The molecule has 4 aliphatic heterocycles. The molecule has 2 aromatic heterocycles. The molecule has 0 bridgehead atoms. The van der Waals surface area contributed by atoms with Crippen LogP contribution < -0.4 is 30.9 Å². The SMILES string of the molecule is C[C@@H](NC(=O)c1cccc(NC2(c3nnc(-c4ccncc4)[nH]3)CCNCC2)c1)c1ccc(OCCCCCOCCCOCC(=O)N2CCN(c3cc4c(cc3F)C(=O)N(C3CCC(=O)NC3=O)C4=O)CC2)cc1. The van der Waals surface area contributed by atoms with E-state index in [4.69, 9.17) is 14.2 Å². The monoisotopic (exact) mass is 1030 g/mol. The lowest BCUT2D eigenvalue weighted by atomic mass is 9.87. The predicted molar refractivity (Wildman–Crippen MR) is 273 cm³/mol. The number of unbranched alkanes of at least 4 members (excludes halogenated alkanes) is 2. The molecule has 0 saturated carbocycles. The number of amides is 6. The first kappa shape index (κ1) is 52.3. The van der Waals surface area contributed by atoms with Gasteiger partial charge in [0, 0.05) is 81.6 Å². The van der Waals surface area contributed by atoms with Gasteiger partial charge in [-0.2, -0.15) is 0 Å². The number of carbonyl (C=O) groups is 6. The van der Waals surface area contributed by atoms with Crippen molar-refractivity contribution < 1.29 is 47.4 Å². The quantitative estimate of drug-likeness (QED) is 0.0457. The summed E-state index contributed by atoms with van der Waals surface area (Å²) in [4.78, 5) is 88.4. The molecule has 20 nitrogen and oxygen atoms in total. The molecule has 394 valence electrons. The van der Waals surface area contributed by atoms with Crippen LogP contribution in [-0.4, -0.2) is 144 Å². The molecule has 0 aliphatic carbocycles. The zero-order valence-corrected chi connectivity index (χ0v) is 41.9. The van der Waals surface area contributed by atoms with Crippen LogP contribution in [0.2, 0.25) is 0 Å². The minimum absolute atomic E-state index is 0.00455. The van der Waals surface area contributed by atoms with Crippen LogP contribution in [0.15, 0.2) is 85.2 Å². The number of benzene rings is 3. The topological polar surface area (TPSA) is 242 Å². The number of H-pyrrole nitrogens is 1. The van der Waals surface area contributed by atoms with Gasteiger partial charge in [-0.25, -0.2) is 4.39 Å². The molecule has 3 saturated heterocycles. The number of imide groups is 2. The molecule has 75 heavy (non-hydrogen) atoms. The summed E-state index contributed by atoms with van der Waals surface area (Å²) in [6, 6.07) is 20.0. The van der Waals surface area contributed by atoms with Gasteiger partial charge in [0.2, 0.25) is 17.7 Å². The Balaban J connectivity index is 0.615. The zero-order valence-electron chi connectivity index (χ0n) is 41.9. The van der Waals surface area contributed by atoms with Gasteiger partial charge >= 0.3 is 0 Å². The van der Waals surface area contributed by atoms with Crippen molar-refractivity contribution in [1.82, 2.24) is 45.9 Å². The first-order chi connectivity index (χ1) is 36.5. The van der Waals surface area contributed by atoms with Gasteiger partial charge in [0.25, 0.3) is 17.7 Å². The minimum Gasteiger partial charge on any atom is -0.494 e. The fourth-order valence-electron chi connectivity index (χ4n) is 9.83. The Kier molecular flexibility index (Phi) is 16.8. The Hall–Kier alpha value is -7.62. The molecule has 3 aromatic carbocycles. The van der Waals surface area contributed by atoms with Crippen molar-refractivity contribution in [3.8, 4) is 17.1 Å². The van der Waals surface area contributed by atoms with Crippen LogP contribution in [0, 0.1) is 5.82 Å². The number of hydrogen-bond donors (Lipinski definition) is 5. The number of carbonyl (C=O) groups excluding carboxylic acids is 6. The summed E-state index contributed by atoms with van der Waals surface area (Å²) >= 11 is 0. The van der Waals surface area contributed by atoms with Crippen LogP contribution in [-0.2, 0) is 29.4 Å². The number of pyridine rings is 1. The van der Waals surface area contributed by atoms with E-state index < -0.39 is 41.0 Å². The molecule has 4 aliphatic rings. The number of piperidine rings is 2. The van der Waals surface area contributed by atoms with Gasteiger partial charge in [0.1, 0.15) is 24.2 Å². The summed E-state index contributed by atoms with van der Waals surface area (Å²) in [5.74, 6) is -1.57. The number of nitrogens with zero attached hydrogens (tertiary/aromatic N) is 6. The first-order valence-corrected chi connectivity index (χ1v) is 25.7. The van der Waals surface area contributed by atoms with E-state index in [9.17, 15) is 28.8 Å². The van der Waals surface area contributed by atoms with E-state index in [1.807, 2.05) is 67.6 Å².